The van der Waals surface area contributed by atoms with E-state index in [0.717, 1.165) is 13.1 Å². The molecule has 1 unspecified atom stereocenters. The Morgan fingerprint density at radius 1 is 1.44 bits per heavy atom. The SMILES string of the molecule is CC(C)N(CCS(C)(=O)=O)CC1CCCN1. The Bertz CT molecular complexity index is 295. The minimum absolute atomic E-state index is 0.262. The highest BCUT2D eigenvalue weighted by Gasteiger charge is 2.20. The zero-order chi connectivity index (χ0) is 12.2. The zero-order valence-corrected chi connectivity index (χ0v) is 11.4. The maximum Gasteiger partial charge on any atom is 0.148 e. The van der Waals surface area contributed by atoms with Crippen LogP contribution in [0.25, 0.3) is 0 Å². The summed E-state index contributed by atoms with van der Waals surface area (Å²) < 4.78 is 22.3. The number of hydrogen-bond acceptors (Lipinski definition) is 4. The van der Waals surface area contributed by atoms with Gasteiger partial charge >= 0.3 is 0 Å². The van der Waals surface area contributed by atoms with Crippen molar-refractivity contribution in [3.63, 3.8) is 0 Å². The van der Waals surface area contributed by atoms with E-state index >= 15 is 0 Å². The van der Waals surface area contributed by atoms with Crippen molar-refractivity contribution in [2.24, 2.45) is 0 Å². The second kappa shape index (κ2) is 5.98. The largest absolute Gasteiger partial charge is 0.313 e. The molecule has 1 heterocycles. The number of rotatable bonds is 6. The summed E-state index contributed by atoms with van der Waals surface area (Å²) in [6, 6.07) is 0.950. The van der Waals surface area contributed by atoms with E-state index < -0.39 is 9.84 Å². The first-order valence-electron chi connectivity index (χ1n) is 6.03. The molecule has 1 aliphatic rings. The van der Waals surface area contributed by atoms with Crippen molar-refractivity contribution in [1.82, 2.24) is 10.2 Å². The molecule has 0 aromatic heterocycles. The van der Waals surface area contributed by atoms with Crippen molar-refractivity contribution in [2.45, 2.75) is 38.8 Å². The number of nitrogens with one attached hydrogen (secondary N) is 1. The van der Waals surface area contributed by atoms with Crippen molar-refractivity contribution in [3.8, 4) is 0 Å². The van der Waals surface area contributed by atoms with Gasteiger partial charge in [0.1, 0.15) is 9.84 Å². The maximum atomic E-state index is 11.2. The normalized spacial score (nSPS) is 22.2. The van der Waals surface area contributed by atoms with Crippen molar-refractivity contribution >= 4 is 9.84 Å². The fraction of sp³-hybridized carbons (Fsp3) is 1.00. The van der Waals surface area contributed by atoms with E-state index in [2.05, 4.69) is 24.1 Å². The van der Waals surface area contributed by atoms with E-state index in [4.69, 9.17) is 0 Å². The molecule has 1 fully saturated rings. The van der Waals surface area contributed by atoms with Gasteiger partial charge in [0, 0.05) is 31.4 Å². The molecule has 0 aromatic rings. The molecule has 1 N–H and O–H groups in total. The van der Waals surface area contributed by atoms with Gasteiger partial charge in [0.15, 0.2) is 0 Å². The highest BCUT2D eigenvalue weighted by atomic mass is 32.2. The van der Waals surface area contributed by atoms with Crippen molar-refractivity contribution in [3.05, 3.63) is 0 Å². The molecule has 5 heteroatoms. The standard InChI is InChI=1S/C11H24N2O2S/c1-10(2)13(7-8-16(3,14)15)9-11-5-4-6-12-11/h10-12H,4-9H2,1-3H3. The Morgan fingerprint density at radius 3 is 2.56 bits per heavy atom. The molecule has 0 aliphatic carbocycles. The van der Waals surface area contributed by atoms with Crippen LogP contribution in [0.15, 0.2) is 0 Å². The van der Waals surface area contributed by atoms with Crippen LogP contribution in [0.5, 0.6) is 0 Å². The zero-order valence-electron chi connectivity index (χ0n) is 10.6. The monoisotopic (exact) mass is 248 g/mol. The molecule has 96 valence electrons. The lowest BCUT2D eigenvalue weighted by Crippen LogP contribution is -2.43. The maximum absolute atomic E-state index is 11.2. The van der Waals surface area contributed by atoms with Gasteiger partial charge in [-0.3, -0.25) is 4.90 Å². The van der Waals surface area contributed by atoms with Gasteiger partial charge in [-0.25, -0.2) is 8.42 Å². The fourth-order valence-electron chi connectivity index (χ4n) is 2.04. The average molecular weight is 248 g/mol. The first-order chi connectivity index (χ1) is 7.38. The van der Waals surface area contributed by atoms with Crippen LogP contribution in [0.4, 0.5) is 0 Å². The third-order valence-corrected chi connectivity index (χ3v) is 4.02. The molecule has 1 rings (SSSR count). The molecule has 4 nitrogen and oxygen atoms in total. The van der Waals surface area contributed by atoms with E-state index in [9.17, 15) is 8.42 Å². The minimum atomic E-state index is -2.85. The summed E-state index contributed by atoms with van der Waals surface area (Å²) in [5.74, 6) is 0.262. The molecule has 1 atom stereocenters. The summed E-state index contributed by atoms with van der Waals surface area (Å²) in [4.78, 5) is 2.25. The molecule has 0 spiro atoms. The van der Waals surface area contributed by atoms with Crippen LogP contribution in [0.2, 0.25) is 0 Å². The second-order valence-electron chi connectivity index (χ2n) is 5.01. The van der Waals surface area contributed by atoms with Crippen LogP contribution in [0, 0.1) is 0 Å². The summed E-state index contributed by atoms with van der Waals surface area (Å²) in [6.07, 6.45) is 3.75. The smallest absolute Gasteiger partial charge is 0.148 e. The Balaban J connectivity index is 2.41. The van der Waals surface area contributed by atoms with E-state index in [1.807, 2.05) is 0 Å². The lowest BCUT2D eigenvalue weighted by atomic mass is 10.2. The van der Waals surface area contributed by atoms with Crippen molar-refractivity contribution in [1.29, 1.82) is 0 Å². The van der Waals surface area contributed by atoms with Gasteiger partial charge in [0.05, 0.1) is 5.75 Å². The van der Waals surface area contributed by atoms with Gasteiger partial charge in [0.25, 0.3) is 0 Å². The van der Waals surface area contributed by atoms with Crippen molar-refractivity contribution in [2.75, 3.05) is 31.6 Å². The molecule has 0 amide bonds. The predicted molar refractivity (Wildman–Crippen MR) is 67.4 cm³/mol. The summed E-state index contributed by atoms with van der Waals surface area (Å²) in [5.41, 5.74) is 0. The Hall–Kier alpha value is -0.130. The summed E-state index contributed by atoms with van der Waals surface area (Å²) in [7, 11) is -2.85. The Morgan fingerprint density at radius 2 is 2.12 bits per heavy atom. The van der Waals surface area contributed by atoms with Gasteiger partial charge in [-0.05, 0) is 33.2 Å². The number of nitrogens with zero attached hydrogens (tertiary/aromatic N) is 1. The van der Waals surface area contributed by atoms with Crippen LogP contribution in [-0.2, 0) is 9.84 Å². The topological polar surface area (TPSA) is 49.4 Å². The summed E-state index contributed by atoms with van der Waals surface area (Å²) >= 11 is 0. The molecule has 0 aromatic carbocycles. The third-order valence-electron chi connectivity index (χ3n) is 3.10. The molecule has 1 saturated heterocycles. The highest BCUT2D eigenvalue weighted by Crippen LogP contribution is 2.09. The van der Waals surface area contributed by atoms with Crippen LogP contribution in [-0.4, -0.2) is 57.0 Å². The van der Waals surface area contributed by atoms with E-state index in [-0.39, 0.29) is 5.75 Å². The minimum Gasteiger partial charge on any atom is -0.313 e. The Labute approximate surface area is 99.3 Å². The van der Waals surface area contributed by atoms with Gasteiger partial charge in [0.2, 0.25) is 0 Å². The van der Waals surface area contributed by atoms with Gasteiger partial charge < -0.3 is 5.32 Å². The lowest BCUT2D eigenvalue weighted by Gasteiger charge is -2.28. The molecule has 0 bridgehead atoms. The molecule has 16 heavy (non-hydrogen) atoms. The number of sulfone groups is 1. The summed E-state index contributed by atoms with van der Waals surface area (Å²) in [5, 5.41) is 3.45. The predicted octanol–water partition coefficient (Wildman–Crippen LogP) is 0.493. The average Bonchev–Trinajstić information content (AvgIpc) is 2.62. The van der Waals surface area contributed by atoms with Crippen LogP contribution in [0.3, 0.4) is 0 Å². The first-order valence-corrected chi connectivity index (χ1v) is 8.09. The van der Waals surface area contributed by atoms with Gasteiger partial charge in [-0.15, -0.1) is 0 Å². The summed E-state index contributed by atoms with van der Waals surface area (Å²) in [6.45, 7) is 6.96. The molecule has 0 saturated carbocycles. The molecular weight excluding hydrogens is 224 g/mol. The highest BCUT2D eigenvalue weighted by molar-refractivity contribution is 7.90. The van der Waals surface area contributed by atoms with Crippen molar-refractivity contribution < 1.29 is 8.42 Å². The quantitative estimate of drug-likeness (QED) is 0.743. The third kappa shape index (κ3) is 5.27. The van der Waals surface area contributed by atoms with Crippen LogP contribution >= 0.6 is 0 Å². The van der Waals surface area contributed by atoms with Gasteiger partial charge in [-0.1, -0.05) is 0 Å². The van der Waals surface area contributed by atoms with Crippen LogP contribution in [0.1, 0.15) is 26.7 Å². The number of hydrogen-bond donors (Lipinski definition) is 1. The van der Waals surface area contributed by atoms with E-state index in [1.165, 1.54) is 19.1 Å². The fourth-order valence-corrected chi connectivity index (χ4v) is 2.61. The molecular formula is C11H24N2O2S. The van der Waals surface area contributed by atoms with E-state index in [0.29, 0.717) is 18.6 Å². The van der Waals surface area contributed by atoms with Crippen LogP contribution < -0.4 is 5.32 Å². The second-order valence-corrected chi connectivity index (χ2v) is 7.27. The molecule has 1 aliphatic heterocycles. The lowest BCUT2D eigenvalue weighted by molar-refractivity contribution is 0.214. The first kappa shape index (κ1) is 13.9. The molecule has 0 radical (unpaired) electrons. The Kier molecular flexibility index (Phi) is 5.21. The van der Waals surface area contributed by atoms with Gasteiger partial charge in [-0.2, -0.15) is 0 Å². The van der Waals surface area contributed by atoms with E-state index in [1.54, 1.807) is 0 Å².